The Morgan fingerprint density at radius 1 is 1.30 bits per heavy atom. The average molecular weight is 481 g/mol. The number of benzene rings is 1. The fraction of sp³-hybridized carbons (Fsp3) is 0.455. The molecule has 2 aliphatic rings. The van der Waals surface area contributed by atoms with Gasteiger partial charge in [0, 0.05) is 37.0 Å². The van der Waals surface area contributed by atoms with Crippen LogP contribution in [-0.4, -0.2) is 36.0 Å². The Kier molecular flexibility index (Phi) is 7.44. The molecule has 0 unspecified atom stereocenters. The zero-order valence-corrected chi connectivity index (χ0v) is 18.8. The van der Waals surface area contributed by atoms with Crippen molar-refractivity contribution in [1.82, 2.24) is 15.3 Å². The molecule has 2 fully saturated rings. The third kappa shape index (κ3) is 5.37. The number of halogens is 4. The second kappa shape index (κ2) is 9.93. The van der Waals surface area contributed by atoms with E-state index in [1.165, 1.54) is 25.4 Å². The van der Waals surface area contributed by atoms with Crippen LogP contribution in [0.4, 0.5) is 19.0 Å². The van der Waals surface area contributed by atoms with E-state index in [2.05, 4.69) is 27.1 Å². The molecule has 1 aliphatic carbocycles. The summed E-state index contributed by atoms with van der Waals surface area (Å²) in [5, 5.41) is 11.6. The van der Waals surface area contributed by atoms with Crippen LogP contribution in [0.15, 0.2) is 24.4 Å². The van der Waals surface area contributed by atoms with E-state index in [1.807, 2.05) is 4.90 Å². The Labute approximate surface area is 194 Å². The molecule has 1 saturated heterocycles. The molecule has 1 amide bonds. The molecule has 2 aromatic rings. The number of nitrogens with zero attached hydrogens (tertiary/aromatic N) is 4. The molecular formula is C22H24ClF3N6O. The Balaban J connectivity index is 0.00000149. The Morgan fingerprint density at radius 3 is 2.55 bits per heavy atom. The summed E-state index contributed by atoms with van der Waals surface area (Å²) in [4.78, 5) is 23.1. The molecule has 1 aromatic carbocycles. The number of nitrogens with two attached hydrogens (primary N) is 1. The summed E-state index contributed by atoms with van der Waals surface area (Å²) in [5.41, 5.74) is 3.47. The van der Waals surface area contributed by atoms with E-state index in [0.29, 0.717) is 24.2 Å². The molecule has 0 bridgehead atoms. The molecule has 3 N–H and O–H groups in total. The van der Waals surface area contributed by atoms with Gasteiger partial charge in [0.05, 0.1) is 16.7 Å². The smallest absolute Gasteiger partial charge is 0.356 e. The maximum absolute atomic E-state index is 13.2. The predicted molar refractivity (Wildman–Crippen MR) is 118 cm³/mol. The van der Waals surface area contributed by atoms with Crippen LogP contribution in [0.25, 0.3) is 11.4 Å². The second-order valence-corrected chi connectivity index (χ2v) is 8.21. The van der Waals surface area contributed by atoms with Crippen LogP contribution >= 0.6 is 11.6 Å². The number of hydrogen-bond donors (Lipinski definition) is 2. The Bertz CT molecular complexity index is 1060. The van der Waals surface area contributed by atoms with Crippen LogP contribution in [0.5, 0.6) is 0 Å². The number of carbonyl (C=O) groups excluding carboxylic acids is 1. The lowest BCUT2D eigenvalue weighted by Gasteiger charge is -2.21. The van der Waals surface area contributed by atoms with E-state index in [-0.39, 0.29) is 28.9 Å². The number of rotatable bonds is 5. The zero-order chi connectivity index (χ0) is 24.2. The minimum absolute atomic E-state index is 0.142. The maximum atomic E-state index is 13.2. The quantitative estimate of drug-likeness (QED) is 0.671. The van der Waals surface area contributed by atoms with Gasteiger partial charge in [-0.15, -0.1) is 0 Å². The van der Waals surface area contributed by atoms with Crippen molar-refractivity contribution in [2.45, 2.75) is 38.4 Å². The number of nitriles is 1. The largest absolute Gasteiger partial charge is 0.417 e. The van der Waals surface area contributed by atoms with Crippen molar-refractivity contribution in [2.75, 3.05) is 25.0 Å². The van der Waals surface area contributed by atoms with Crippen molar-refractivity contribution in [3.63, 3.8) is 0 Å². The average Bonchev–Trinajstić information content (AvgIpc) is 3.43. The summed E-state index contributed by atoms with van der Waals surface area (Å²) < 4.78 is 39.7. The number of amides is 1. The van der Waals surface area contributed by atoms with Gasteiger partial charge >= 0.3 is 6.18 Å². The highest BCUT2D eigenvalue weighted by atomic mass is 35.5. The molecule has 0 atom stereocenters. The van der Waals surface area contributed by atoms with Gasteiger partial charge in [-0.05, 0) is 50.9 Å². The first-order valence-electron chi connectivity index (χ1n) is 10.5. The van der Waals surface area contributed by atoms with Crippen molar-refractivity contribution in [1.29, 1.82) is 5.26 Å². The molecule has 11 heteroatoms. The van der Waals surface area contributed by atoms with Crippen molar-refractivity contribution in [2.24, 2.45) is 11.1 Å². The van der Waals surface area contributed by atoms with Crippen LogP contribution in [-0.2, 0) is 17.5 Å². The number of nitrogens with one attached hydrogen (secondary N) is 1. The molecule has 2 heterocycles. The molecule has 4 rings (SSSR count). The molecular weight excluding hydrogens is 457 g/mol. The lowest BCUT2D eigenvalue weighted by atomic mass is 10.1. The third-order valence-electron chi connectivity index (χ3n) is 5.62. The zero-order valence-electron chi connectivity index (χ0n) is 18.0. The van der Waals surface area contributed by atoms with E-state index in [4.69, 9.17) is 11.6 Å². The van der Waals surface area contributed by atoms with E-state index in [9.17, 15) is 23.2 Å². The summed E-state index contributed by atoms with van der Waals surface area (Å²) in [6.07, 6.45) is -0.0356. The second-order valence-electron chi connectivity index (χ2n) is 7.81. The van der Waals surface area contributed by atoms with Crippen LogP contribution in [0.3, 0.4) is 0 Å². The summed E-state index contributed by atoms with van der Waals surface area (Å²) in [7, 11) is 1.50. The highest BCUT2D eigenvalue weighted by Gasteiger charge is 2.50. The monoisotopic (exact) mass is 480 g/mol. The highest BCUT2D eigenvalue weighted by molar-refractivity contribution is 6.31. The van der Waals surface area contributed by atoms with Gasteiger partial charge in [0.1, 0.15) is 11.2 Å². The standard InChI is InChI=1S/C21H19ClF3N5O.CH5N/c22-16-4-3-13(9-15(16)21(23,24)25)17-27-10-14(18(29-17)30-7-1-2-8-30)11-28-19(31)20(12-26)5-6-20;1-2/h3-4,9-10H,1-2,5-8,11H2,(H,28,31);2H2,1H3. The molecule has 7 nitrogen and oxygen atoms in total. The van der Waals surface area contributed by atoms with Gasteiger partial charge < -0.3 is 16.0 Å². The van der Waals surface area contributed by atoms with Crippen molar-refractivity contribution in [3.8, 4) is 17.5 Å². The maximum Gasteiger partial charge on any atom is 0.417 e. The molecule has 1 aliphatic heterocycles. The summed E-state index contributed by atoms with van der Waals surface area (Å²) in [6, 6.07) is 5.63. The number of aromatic nitrogens is 2. The number of anilines is 1. The van der Waals surface area contributed by atoms with Crippen molar-refractivity contribution < 1.29 is 18.0 Å². The highest BCUT2D eigenvalue weighted by Crippen LogP contribution is 2.45. The summed E-state index contributed by atoms with van der Waals surface area (Å²) >= 11 is 5.72. The SMILES string of the molecule is CN.N#CC1(C(=O)NCc2cnc(-c3ccc(Cl)c(C(F)(F)F)c3)nc2N2CCCC2)CC1. The van der Waals surface area contributed by atoms with Crippen LogP contribution < -0.4 is 16.0 Å². The van der Waals surface area contributed by atoms with E-state index in [1.54, 1.807) is 0 Å². The van der Waals surface area contributed by atoms with Gasteiger partial charge in [0.25, 0.3) is 0 Å². The van der Waals surface area contributed by atoms with Gasteiger partial charge in [0.15, 0.2) is 5.82 Å². The lowest BCUT2D eigenvalue weighted by molar-refractivity contribution is -0.137. The number of carbonyl (C=O) groups is 1. The topological polar surface area (TPSA) is 108 Å². The van der Waals surface area contributed by atoms with Gasteiger partial charge in [-0.1, -0.05) is 11.6 Å². The number of hydrogen-bond acceptors (Lipinski definition) is 6. The van der Waals surface area contributed by atoms with E-state index in [0.717, 1.165) is 32.0 Å². The van der Waals surface area contributed by atoms with Crippen LogP contribution in [0.2, 0.25) is 5.02 Å². The fourth-order valence-electron chi connectivity index (χ4n) is 3.61. The Hall–Kier alpha value is -2.90. The predicted octanol–water partition coefficient (Wildman–Crippen LogP) is 3.91. The first-order valence-corrected chi connectivity index (χ1v) is 10.9. The van der Waals surface area contributed by atoms with Crippen LogP contribution in [0, 0.1) is 16.7 Å². The van der Waals surface area contributed by atoms with Crippen LogP contribution in [0.1, 0.15) is 36.8 Å². The van der Waals surface area contributed by atoms with Gasteiger partial charge in [-0.2, -0.15) is 18.4 Å². The molecule has 0 spiro atoms. The summed E-state index contributed by atoms with van der Waals surface area (Å²) in [6.45, 7) is 1.66. The molecule has 1 aromatic heterocycles. The Morgan fingerprint density at radius 2 is 1.97 bits per heavy atom. The molecule has 0 radical (unpaired) electrons. The molecule has 33 heavy (non-hydrogen) atoms. The lowest BCUT2D eigenvalue weighted by Crippen LogP contribution is -2.32. The number of alkyl halides is 3. The van der Waals surface area contributed by atoms with Crippen molar-refractivity contribution in [3.05, 3.63) is 40.5 Å². The van der Waals surface area contributed by atoms with Gasteiger partial charge in [0.2, 0.25) is 5.91 Å². The minimum atomic E-state index is -4.59. The third-order valence-corrected chi connectivity index (χ3v) is 5.94. The van der Waals surface area contributed by atoms with Gasteiger partial charge in [-0.3, -0.25) is 4.79 Å². The van der Waals surface area contributed by atoms with Crippen molar-refractivity contribution >= 4 is 23.3 Å². The van der Waals surface area contributed by atoms with E-state index < -0.39 is 17.2 Å². The van der Waals surface area contributed by atoms with Gasteiger partial charge in [-0.25, -0.2) is 9.97 Å². The molecule has 1 saturated carbocycles. The first-order chi connectivity index (χ1) is 15.7. The summed E-state index contributed by atoms with van der Waals surface area (Å²) in [5.74, 6) is 0.405. The normalized spacial score (nSPS) is 16.5. The first kappa shape index (κ1) is 24.7. The van der Waals surface area contributed by atoms with E-state index >= 15 is 0 Å². The fourth-order valence-corrected chi connectivity index (χ4v) is 3.83. The minimum Gasteiger partial charge on any atom is -0.356 e. The molecule has 176 valence electrons.